The third-order valence-corrected chi connectivity index (χ3v) is 6.40. The quantitative estimate of drug-likeness (QED) is 0.328. The summed E-state index contributed by atoms with van der Waals surface area (Å²) in [4.78, 5) is 29.0. The largest absolute Gasteiger partial charge is 0.872 e. The number of carbonyl (C=O) groups is 2. The van der Waals surface area contributed by atoms with Gasteiger partial charge in [0.2, 0.25) is 5.78 Å². The van der Waals surface area contributed by atoms with Crippen molar-refractivity contribution in [2.24, 2.45) is 0 Å². The summed E-state index contributed by atoms with van der Waals surface area (Å²) in [6.45, 7) is 7.32. The van der Waals surface area contributed by atoms with Gasteiger partial charge in [0.25, 0.3) is 5.91 Å². The molecule has 4 rings (SSSR count). The fourth-order valence-corrected chi connectivity index (χ4v) is 4.59. The monoisotopic (exact) mass is 498 g/mol. The molecule has 0 saturated carbocycles. The number of methoxy groups -OCH3 is 1. The average Bonchev–Trinajstić information content (AvgIpc) is 3.13. The molecule has 2 aromatic rings. The van der Waals surface area contributed by atoms with E-state index in [2.05, 4.69) is 0 Å². The maximum absolute atomic E-state index is 14.7. The summed E-state index contributed by atoms with van der Waals surface area (Å²) in [6.07, 6.45) is -0.246. The van der Waals surface area contributed by atoms with Crippen LogP contribution in [0.4, 0.5) is 4.39 Å². The van der Waals surface area contributed by atoms with Gasteiger partial charge >= 0.3 is 0 Å². The Bertz CT molecular complexity index is 1160. The van der Waals surface area contributed by atoms with Crippen molar-refractivity contribution in [3.05, 3.63) is 65.0 Å². The molecular formula is C27H31FN2O6. The second-order valence-electron chi connectivity index (χ2n) is 9.17. The van der Waals surface area contributed by atoms with Crippen LogP contribution in [0.2, 0.25) is 0 Å². The van der Waals surface area contributed by atoms with Gasteiger partial charge in [-0.2, -0.15) is 0 Å². The number of morpholine rings is 1. The summed E-state index contributed by atoms with van der Waals surface area (Å²) in [6, 6.07) is 9.87. The number of likely N-dealkylation sites (tertiary alicyclic amines) is 1. The first-order valence-electron chi connectivity index (χ1n) is 12.1. The molecule has 0 aromatic heterocycles. The molecule has 0 aliphatic carbocycles. The molecule has 2 saturated heterocycles. The van der Waals surface area contributed by atoms with E-state index in [1.807, 2.05) is 0 Å². The molecule has 1 unspecified atom stereocenters. The van der Waals surface area contributed by atoms with Crippen molar-refractivity contribution in [3.8, 4) is 11.5 Å². The predicted octanol–water partition coefficient (Wildman–Crippen LogP) is 0.761. The number of carbonyl (C=O) groups excluding carboxylic acids is 2. The smallest absolute Gasteiger partial charge is 0.295 e. The molecule has 2 aliphatic heterocycles. The van der Waals surface area contributed by atoms with Crippen LogP contribution >= 0.6 is 0 Å². The third kappa shape index (κ3) is 5.37. The van der Waals surface area contributed by atoms with Gasteiger partial charge in [-0.05, 0) is 49.2 Å². The lowest BCUT2D eigenvalue weighted by atomic mass is 9.95. The first-order valence-corrected chi connectivity index (χ1v) is 12.1. The van der Waals surface area contributed by atoms with E-state index in [1.54, 1.807) is 38.1 Å². The van der Waals surface area contributed by atoms with Crippen molar-refractivity contribution < 1.29 is 38.2 Å². The second kappa shape index (κ2) is 11.1. The van der Waals surface area contributed by atoms with Crippen molar-refractivity contribution in [1.82, 2.24) is 4.90 Å². The molecule has 36 heavy (non-hydrogen) atoms. The molecule has 1 N–H and O–H groups in total. The summed E-state index contributed by atoms with van der Waals surface area (Å²) >= 11 is 0. The highest BCUT2D eigenvalue weighted by Crippen LogP contribution is 2.39. The SMILES string of the molecule is COc1cccc(C2C(=C([O-])c3ccc(OC(C)C)c(F)c3)C(=O)C(=O)N2CC[NH+]2CCOCC2)c1. The zero-order chi connectivity index (χ0) is 25.8. The zero-order valence-corrected chi connectivity index (χ0v) is 20.7. The second-order valence-corrected chi connectivity index (χ2v) is 9.17. The van der Waals surface area contributed by atoms with Crippen LogP contribution in [0.15, 0.2) is 48.0 Å². The number of ether oxygens (including phenoxy) is 3. The Balaban J connectivity index is 1.74. The van der Waals surface area contributed by atoms with Crippen molar-refractivity contribution in [2.45, 2.75) is 26.0 Å². The number of hydrogen-bond acceptors (Lipinski definition) is 6. The maximum Gasteiger partial charge on any atom is 0.295 e. The molecule has 192 valence electrons. The molecule has 2 fully saturated rings. The van der Waals surface area contributed by atoms with Crippen LogP contribution in [0.5, 0.6) is 11.5 Å². The Labute approximate surface area is 209 Å². The van der Waals surface area contributed by atoms with Crippen molar-refractivity contribution >= 4 is 17.4 Å². The van der Waals surface area contributed by atoms with E-state index < -0.39 is 29.3 Å². The lowest BCUT2D eigenvalue weighted by Gasteiger charge is -2.30. The van der Waals surface area contributed by atoms with Crippen LogP contribution in [0.3, 0.4) is 0 Å². The highest BCUT2D eigenvalue weighted by molar-refractivity contribution is 6.46. The number of hydrogen-bond donors (Lipinski definition) is 1. The van der Waals surface area contributed by atoms with Crippen LogP contribution in [0.25, 0.3) is 5.76 Å². The van der Waals surface area contributed by atoms with Gasteiger partial charge in [-0.3, -0.25) is 9.59 Å². The van der Waals surface area contributed by atoms with Gasteiger partial charge < -0.3 is 29.1 Å². The van der Waals surface area contributed by atoms with Crippen molar-refractivity contribution in [2.75, 3.05) is 46.5 Å². The fourth-order valence-electron chi connectivity index (χ4n) is 4.59. The summed E-state index contributed by atoms with van der Waals surface area (Å²) in [5, 5.41) is 13.6. The molecule has 9 heteroatoms. The zero-order valence-electron chi connectivity index (χ0n) is 20.7. The van der Waals surface area contributed by atoms with Crippen molar-refractivity contribution in [1.29, 1.82) is 0 Å². The molecule has 1 amide bonds. The highest BCUT2D eigenvalue weighted by atomic mass is 19.1. The van der Waals surface area contributed by atoms with E-state index in [0.29, 0.717) is 31.1 Å². The normalized spacial score (nSPS) is 20.2. The first-order chi connectivity index (χ1) is 17.3. The van der Waals surface area contributed by atoms with E-state index in [1.165, 1.54) is 29.0 Å². The number of benzene rings is 2. The third-order valence-electron chi connectivity index (χ3n) is 6.40. The molecule has 0 spiro atoms. The van der Waals surface area contributed by atoms with Crippen LogP contribution in [-0.2, 0) is 14.3 Å². The van der Waals surface area contributed by atoms with E-state index in [9.17, 15) is 19.1 Å². The van der Waals surface area contributed by atoms with E-state index >= 15 is 0 Å². The molecule has 2 heterocycles. The van der Waals surface area contributed by atoms with Gasteiger partial charge in [-0.15, -0.1) is 0 Å². The molecular weight excluding hydrogens is 467 g/mol. The Morgan fingerprint density at radius 3 is 2.61 bits per heavy atom. The van der Waals surface area contributed by atoms with Gasteiger partial charge in [0.1, 0.15) is 18.8 Å². The number of rotatable bonds is 8. The van der Waals surface area contributed by atoms with Crippen LogP contribution < -0.4 is 19.5 Å². The Morgan fingerprint density at radius 1 is 1.19 bits per heavy atom. The Morgan fingerprint density at radius 2 is 1.94 bits per heavy atom. The van der Waals surface area contributed by atoms with E-state index in [0.717, 1.165) is 19.2 Å². The molecule has 2 aliphatic rings. The van der Waals surface area contributed by atoms with Crippen LogP contribution in [-0.4, -0.2) is 69.2 Å². The molecule has 2 aromatic carbocycles. The number of Topliss-reactive ketones (excluding diaryl/α,β-unsaturated/α-hetero) is 1. The molecule has 1 atom stereocenters. The molecule has 8 nitrogen and oxygen atoms in total. The van der Waals surface area contributed by atoms with E-state index in [-0.39, 0.29) is 29.5 Å². The maximum atomic E-state index is 14.7. The van der Waals surface area contributed by atoms with Gasteiger partial charge in [0.05, 0.1) is 45.6 Å². The average molecular weight is 499 g/mol. The van der Waals surface area contributed by atoms with Gasteiger partial charge in [-0.1, -0.05) is 24.0 Å². The number of amides is 1. The summed E-state index contributed by atoms with van der Waals surface area (Å²) in [5.41, 5.74) is 0.365. The van der Waals surface area contributed by atoms with E-state index in [4.69, 9.17) is 14.2 Å². The minimum Gasteiger partial charge on any atom is -0.872 e. The standard InChI is InChI=1S/C27H31FN2O6/c1-17(2)36-22-8-7-19(16-21(22)28)25(31)23-24(18-5-4-6-20(15-18)34-3)30(27(33)26(23)32)10-9-29-11-13-35-14-12-29/h4-8,15-17,24,31H,9-14H2,1-3H3. The van der Waals surface area contributed by atoms with Gasteiger partial charge in [0, 0.05) is 5.57 Å². The van der Waals surface area contributed by atoms with Gasteiger partial charge in [0.15, 0.2) is 11.6 Å². The number of nitrogens with zero attached hydrogens (tertiary/aromatic N) is 1. The Hall–Kier alpha value is -3.43. The number of ketones is 1. The number of nitrogens with one attached hydrogen (secondary N) is 1. The summed E-state index contributed by atoms with van der Waals surface area (Å²) in [7, 11) is 1.52. The highest BCUT2D eigenvalue weighted by Gasteiger charge is 2.44. The first kappa shape index (κ1) is 25.7. The Kier molecular flexibility index (Phi) is 7.91. The predicted molar refractivity (Wildman–Crippen MR) is 128 cm³/mol. The van der Waals surface area contributed by atoms with Gasteiger partial charge in [-0.25, -0.2) is 4.39 Å². The minimum absolute atomic E-state index is 0.0137. The van der Waals surface area contributed by atoms with Crippen LogP contribution in [0, 0.1) is 5.82 Å². The molecule has 0 radical (unpaired) electrons. The van der Waals surface area contributed by atoms with Crippen LogP contribution in [0.1, 0.15) is 31.0 Å². The topological polar surface area (TPSA) is 92.6 Å². The summed E-state index contributed by atoms with van der Waals surface area (Å²) in [5.74, 6) is -2.45. The summed E-state index contributed by atoms with van der Waals surface area (Å²) < 4.78 is 30.8. The molecule has 0 bridgehead atoms. The number of halogens is 1. The van der Waals surface area contributed by atoms with Crippen molar-refractivity contribution in [3.63, 3.8) is 0 Å². The fraction of sp³-hybridized carbons (Fsp3) is 0.407. The lowest BCUT2D eigenvalue weighted by Crippen LogP contribution is -3.14. The minimum atomic E-state index is -0.900. The number of quaternary nitrogens is 1. The lowest BCUT2D eigenvalue weighted by molar-refractivity contribution is -0.907.